The van der Waals surface area contributed by atoms with Crippen molar-refractivity contribution in [2.24, 2.45) is 0 Å². The molecule has 0 aliphatic rings. The third-order valence-electron chi connectivity index (χ3n) is 3.04. The van der Waals surface area contributed by atoms with Gasteiger partial charge in [0.1, 0.15) is 11.2 Å². The van der Waals surface area contributed by atoms with Gasteiger partial charge in [0, 0.05) is 17.1 Å². The molecule has 17 heavy (non-hydrogen) atoms. The molecule has 0 saturated heterocycles. The summed E-state index contributed by atoms with van der Waals surface area (Å²) >= 11 is 6.14. The van der Waals surface area contributed by atoms with Crippen LogP contribution in [0.15, 0.2) is 42.6 Å². The van der Waals surface area contributed by atoms with E-state index in [0.29, 0.717) is 5.02 Å². The highest BCUT2D eigenvalue weighted by atomic mass is 35.5. The van der Waals surface area contributed by atoms with Gasteiger partial charge in [-0.15, -0.1) is 0 Å². The Hall–Kier alpha value is -2.00. The van der Waals surface area contributed by atoms with Crippen molar-refractivity contribution in [3.05, 3.63) is 47.6 Å². The molecule has 1 aromatic carbocycles. The molecule has 0 amide bonds. The van der Waals surface area contributed by atoms with Crippen LogP contribution in [0.1, 0.15) is 0 Å². The number of pyridine rings is 1. The highest BCUT2D eigenvalue weighted by Gasteiger charge is 2.11. The standard InChI is InChI=1S/C13H8ClN3/c14-9-5-3-7-17-12(9)16-11-8-4-1-2-6-10(8)15-13(11)17/h1-7,15H. The first kappa shape index (κ1) is 9.07. The van der Waals surface area contributed by atoms with Crippen LogP contribution in [-0.2, 0) is 0 Å². The molecular formula is C13H8ClN3. The van der Waals surface area contributed by atoms with Gasteiger partial charge >= 0.3 is 0 Å². The molecule has 4 heteroatoms. The minimum atomic E-state index is 0.668. The van der Waals surface area contributed by atoms with Crippen LogP contribution in [0.3, 0.4) is 0 Å². The number of para-hydroxylation sites is 1. The number of aromatic amines is 1. The van der Waals surface area contributed by atoms with Gasteiger partial charge < -0.3 is 4.98 Å². The van der Waals surface area contributed by atoms with Crippen molar-refractivity contribution in [1.29, 1.82) is 0 Å². The molecular weight excluding hydrogens is 234 g/mol. The summed E-state index contributed by atoms with van der Waals surface area (Å²) in [6.45, 7) is 0. The number of imidazole rings is 1. The summed E-state index contributed by atoms with van der Waals surface area (Å²) in [6, 6.07) is 11.9. The quantitative estimate of drug-likeness (QED) is 0.501. The van der Waals surface area contributed by atoms with Gasteiger partial charge in [-0.05, 0) is 18.2 Å². The van der Waals surface area contributed by atoms with Crippen LogP contribution in [0, 0.1) is 0 Å². The molecule has 0 aliphatic heterocycles. The van der Waals surface area contributed by atoms with Crippen LogP contribution >= 0.6 is 11.6 Å². The van der Waals surface area contributed by atoms with Gasteiger partial charge in [0.05, 0.1) is 5.02 Å². The van der Waals surface area contributed by atoms with Crippen LogP contribution < -0.4 is 0 Å². The van der Waals surface area contributed by atoms with E-state index in [-0.39, 0.29) is 0 Å². The second-order valence-corrected chi connectivity index (χ2v) is 4.44. The van der Waals surface area contributed by atoms with Gasteiger partial charge in [-0.2, -0.15) is 0 Å². The van der Waals surface area contributed by atoms with Crippen molar-refractivity contribution in [3.63, 3.8) is 0 Å². The number of benzene rings is 1. The van der Waals surface area contributed by atoms with E-state index in [1.54, 1.807) is 0 Å². The number of nitrogens with one attached hydrogen (secondary N) is 1. The van der Waals surface area contributed by atoms with Crippen LogP contribution in [0.5, 0.6) is 0 Å². The van der Waals surface area contributed by atoms with Crippen LogP contribution in [0.25, 0.3) is 27.7 Å². The fourth-order valence-electron chi connectivity index (χ4n) is 2.27. The SMILES string of the molecule is Clc1cccn2c1nc1c3ccccc3[nH]c12. The number of nitrogens with zero attached hydrogens (tertiary/aromatic N) is 2. The lowest BCUT2D eigenvalue weighted by molar-refractivity contribution is 1.20. The van der Waals surface area contributed by atoms with Crippen LogP contribution in [0.4, 0.5) is 0 Å². The Kier molecular flexibility index (Phi) is 1.61. The predicted molar refractivity (Wildman–Crippen MR) is 69.6 cm³/mol. The smallest absolute Gasteiger partial charge is 0.157 e. The molecule has 4 rings (SSSR count). The maximum atomic E-state index is 6.14. The molecule has 4 aromatic rings. The first-order valence-electron chi connectivity index (χ1n) is 5.37. The summed E-state index contributed by atoms with van der Waals surface area (Å²) < 4.78 is 1.98. The molecule has 0 bridgehead atoms. The first-order valence-corrected chi connectivity index (χ1v) is 5.75. The molecule has 0 radical (unpaired) electrons. The summed E-state index contributed by atoms with van der Waals surface area (Å²) in [6.07, 6.45) is 1.96. The summed E-state index contributed by atoms with van der Waals surface area (Å²) in [5.74, 6) is 0. The third-order valence-corrected chi connectivity index (χ3v) is 3.33. The lowest BCUT2D eigenvalue weighted by atomic mass is 10.2. The van der Waals surface area contributed by atoms with Gasteiger partial charge in [0.25, 0.3) is 0 Å². The van der Waals surface area contributed by atoms with Crippen molar-refractivity contribution in [3.8, 4) is 0 Å². The molecule has 0 atom stereocenters. The van der Waals surface area contributed by atoms with E-state index in [4.69, 9.17) is 11.6 Å². The highest BCUT2D eigenvalue weighted by molar-refractivity contribution is 6.33. The number of H-pyrrole nitrogens is 1. The van der Waals surface area contributed by atoms with Gasteiger partial charge in [0.15, 0.2) is 5.65 Å². The molecule has 0 spiro atoms. The lowest BCUT2D eigenvalue weighted by Crippen LogP contribution is -1.84. The maximum Gasteiger partial charge on any atom is 0.157 e. The average Bonchev–Trinajstić information content (AvgIpc) is 2.87. The number of fused-ring (bicyclic) bond motifs is 5. The maximum absolute atomic E-state index is 6.14. The Morgan fingerprint density at radius 3 is 2.94 bits per heavy atom. The van der Waals surface area contributed by atoms with Gasteiger partial charge in [-0.1, -0.05) is 29.8 Å². The Bertz CT molecular complexity index is 857. The van der Waals surface area contributed by atoms with Gasteiger partial charge in [0.2, 0.25) is 0 Å². The Morgan fingerprint density at radius 1 is 1.12 bits per heavy atom. The molecule has 1 N–H and O–H groups in total. The van der Waals surface area contributed by atoms with Crippen LogP contribution in [0.2, 0.25) is 5.02 Å². The Morgan fingerprint density at radius 2 is 2.00 bits per heavy atom. The minimum Gasteiger partial charge on any atom is -0.339 e. The van der Waals surface area contributed by atoms with Crippen molar-refractivity contribution in [2.45, 2.75) is 0 Å². The first-order chi connectivity index (χ1) is 8.34. The lowest BCUT2D eigenvalue weighted by Gasteiger charge is -1.95. The summed E-state index contributed by atoms with van der Waals surface area (Å²) in [5.41, 5.74) is 3.85. The largest absolute Gasteiger partial charge is 0.339 e. The number of aromatic nitrogens is 3. The third kappa shape index (κ3) is 1.09. The number of halogens is 1. The number of hydrogen-bond acceptors (Lipinski definition) is 1. The molecule has 3 aromatic heterocycles. The van der Waals surface area contributed by atoms with E-state index >= 15 is 0 Å². The van der Waals surface area contributed by atoms with E-state index in [1.807, 2.05) is 40.9 Å². The van der Waals surface area contributed by atoms with E-state index in [2.05, 4.69) is 16.0 Å². The topological polar surface area (TPSA) is 33.1 Å². The number of hydrogen-bond donors (Lipinski definition) is 1. The van der Waals surface area contributed by atoms with Crippen molar-refractivity contribution < 1.29 is 0 Å². The molecule has 0 fully saturated rings. The van der Waals surface area contributed by atoms with Gasteiger partial charge in [-0.25, -0.2) is 4.98 Å². The van der Waals surface area contributed by atoms with E-state index in [9.17, 15) is 0 Å². The summed E-state index contributed by atoms with van der Waals surface area (Å²) in [5, 5.41) is 1.79. The normalized spacial score (nSPS) is 11.8. The molecule has 0 aliphatic carbocycles. The molecule has 0 unspecified atom stereocenters. The fourth-order valence-corrected chi connectivity index (χ4v) is 2.47. The van der Waals surface area contributed by atoms with Crippen molar-refractivity contribution in [2.75, 3.05) is 0 Å². The zero-order valence-corrected chi connectivity index (χ0v) is 9.57. The second-order valence-electron chi connectivity index (χ2n) is 4.03. The molecule has 0 saturated carbocycles. The summed E-state index contributed by atoms with van der Waals surface area (Å²) in [7, 11) is 0. The molecule has 82 valence electrons. The highest BCUT2D eigenvalue weighted by Crippen LogP contribution is 2.27. The Balaban J connectivity index is 2.33. The fraction of sp³-hybridized carbons (Fsp3) is 0. The van der Waals surface area contributed by atoms with Crippen molar-refractivity contribution in [1.82, 2.24) is 14.4 Å². The van der Waals surface area contributed by atoms with E-state index < -0.39 is 0 Å². The number of rotatable bonds is 0. The zero-order valence-electron chi connectivity index (χ0n) is 8.81. The minimum absolute atomic E-state index is 0.668. The zero-order chi connectivity index (χ0) is 11.4. The second kappa shape index (κ2) is 3.02. The molecule has 3 nitrogen and oxygen atoms in total. The average molecular weight is 242 g/mol. The van der Waals surface area contributed by atoms with E-state index in [0.717, 1.165) is 27.7 Å². The van der Waals surface area contributed by atoms with Gasteiger partial charge in [-0.3, -0.25) is 4.40 Å². The van der Waals surface area contributed by atoms with Crippen molar-refractivity contribution >= 4 is 39.3 Å². The van der Waals surface area contributed by atoms with Crippen LogP contribution in [-0.4, -0.2) is 14.4 Å². The van der Waals surface area contributed by atoms with E-state index in [1.165, 1.54) is 0 Å². The monoisotopic (exact) mass is 241 g/mol. The summed E-state index contributed by atoms with van der Waals surface area (Å²) in [4.78, 5) is 7.97. The Labute approximate surface area is 102 Å². The predicted octanol–water partition coefficient (Wildman–Crippen LogP) is 3.62. The molecule has 3 heterocycles.